The van der Waals surface area contributed by atoms with Gasteiger partial charge >= 0.3 is 7.60 Å². The lowest BCUT2D eigenvalue weighted by molar-refractivity contribution is -0.0993. The van der Waals surface area contributed by atoms with Crippen LogP contribution in [0.1, 0.15) is 0 Å². The summed E-state index contributed by atoms with van der Waals surface area (Å²) in [6.07, 6.45) is -3.10. The Balaban J connectivity index is 3.08. The third-order valence-corrected chi connectivity index (χ3v) is 2.90. The molecule has 6 N–H and O–H groups in total. The van der Waals surface area contributed by atoms with Gasteiger partial charge in [0.2, 0.25) is 5.85 Å². The standard InChI is InChI=1S/C6H11O8P/c7-1-2-3(8)4(9)5(10)6(14-2)15(11,12)13/h2-3,6-10H,1H2,(H2,11,12,13)/t2-,3-,6?/m0/s1. The Morgan fingerprint density at radius 1 is 1.27 bits per heavy atom. The van der Waals surface area contributed by atoms with Gasteiger partial charge in [0.25, 0.3) is 0 Å². The average molecular weight is 242 g/mol. The van der Waals surface area contributed by atoms with Gasteiger partial charge in [0, 0.05) is 0 Å². The van der Waals surface area contributed by atoms with Crippen LogP contribution in [0, 0.1) is 0 Å². The van der Waals surface area contributed by atoms with Crippen LogP contribution in [0.4, 0.5) is 0 Å². The van der Waals surface area contributed by atoms with Gasteiger partial charge in [-0.05, 0) is 0 Å². The lowest BCUT2D eigenvalue weighted by Gasteiger charge is -2.32. The van der Waals surface area contributed by atoms with Crippen LogP contribution in [-0.2, 0) is 9.30 Å². The summed E-state index contributed by atoms with van der Waals surface area (Å²) in [7, 11) is -4.82. The molecule has 0 aromatic rings. The minimum atomic E-state index is -4.82. The maximum Gasteiger partial charge on any atom is 0.362 e. The van der Waals surface area contributed by atoms with Crippen molar-refractivity contribution < 1.29 is 39.5 Å². The predicted molar refractivity (Wildman–Crippen MR) is 46.1 cm³/mol. The molecule has 0 aliphatic carbocycles. The van der Waals surface area contributed by atoms with E-state index in [9.17, 15) is 9.67 Å². The summed E-state index contributed by atoms with van der Waals surface area (Å²) in [5.74, 6) is -4.19. The summed E-state index contributed by atoms with van der Waals surface area (Å²) in [6.45, 7) is -0.755. The molecule has 0 radical (unpaired) electrons. The Morgan fingerprint density at radius 3 is 2.20 bits per heavy atom. The molecule has 0 aromatic heterocycles. The number of hydrogen-bond acceptors (Lipinski definition) is 6. The summed E-state index contributed by atoms with van der Waals surface area (Å²) >= 11 is 0. The monoisotopic (exact) mass is 242 g/mol. The molecule has 15 heavy (non-hydrogen) atoms. The van der Waals surface area contributed by atoms with Crippen LogP contribution in [0.25, 0.3) is 0 Å². The zero-order valence-electron chi connectivity index (χ0n) is 7.39. The molecule has 3 atom stereocenters. The molecule has 0 fully saturated rings. The second-order valence-electron chi connectivity index (χ2n) is 3.01. The van der Waals surface area contributed by atoms with Crippen LogP contribution in [-0.4, -0.2) is 54.9 Å². The maximum absolute atomic E-state index is 10.8. The van der Waals surface area contributed by atoms with E-state index in [2.05, 4.69) is 4.74 Å². The van der Waals surface area contributed by atoms with Gasteiger partial charge < -0.3 is 34.9 Å². The van der Waals surface area contributed by atoms with Gasteiger partial charge in [0.15, 0.2) is 11.5 Å². The topological polar surface area (TPSA) is 148 Å². The fourth-order valence-corrected chi connectivity index (χ4v) is 1.91. The molecule has 1 unspecified atom stereocenters. The zero-order chi connectivity index (χ0) is 11.8. The van der Waals surface area contributed by atoms with Crippen molar-refractivity contribution in [1.29, 1.82) is 0 Å². The maximum atomic E-state index is 10.8. The molecule has 88 valence electrons. The van der Waals surface area contributed by atoms with E-state index in [-0.39, 0.29) is 0 Å². The molecule has 0 saturated carbocycles. The summed E-state index contributed by atoms with van der Waals surface area (Å²) in [4.78, 5) is 17.5. The van der Waals surface area contributed by atoms with E-state index in [1.54, 1.807) is 0 Å². The van der Waals surface area contributed by atoms with Gasteiger partial charge in [0.05, 0.1) is 6.61 Å². The van der Waals surface area contributed by atoms with Crippen molar-refractivity contribution in [3.05, 3.63) is 11.5 Å². The van der Waals surface area contributed by atoms with Crippen LogP contribution in [0.5, 0.6) is 0 Å². The third kappa shape index (κ3) is 2.31. The quantitative estimate of drug-likeness (QED) is 0.323. The van der Waals surface area contributed by atoms with Crippen LogP contribution in [0.2, 0.25) is 0 Å². The van der Waals surface area contributed by atoms with Gasteiger partial charge in [-0.3, -0.25) is 4.57 Å². The van der Waals surface area contributed by atoms with E-state index in [0.717, 1.165) is 0 Å². The highest BCUT2D eigenvalue weighted by Gasteiger charge is 2.45. The first-order valence-corrected chi connectivity index (χ1v) is 5.58. The Kier molecular flexibility index (Phi) is 3.39. The second-order valence-corrected chi connectivity index (χ2v) is 4.66. The Labute approximate surface area is 84.2 Å². The minimum Gasteiger partial charge on any atom is -0.506 e. The Morgan fingerprint density at radius 2 is 1.80 bits per heavy atom. The van der Waals surface area contributed by atoms with E-state index < -0.39 is 43.8 Å². The van der Waals surface area contributed by atoms with E-state index in [1.807, 2.05) is 0 Å². The molecule has 0 bridgehead atoms. The van der Waals surface area contributed by atoms with Crippen LogP contribution < -0.4 is 0 Å². The van der Waals surface area contributed by atoms with Gasteiger partial charge in [0.1, 0.15) is 12.2 Å². The molecule has 1 aliphatic heterocycles. The first-order valence-electron chi connectivity index (χ1n) is 3.90. The number of rotatable bonds is 2. The molecule has 0 amide bonds. The lowest BCUT2D eigenvalue weighted by atomic mass is 10.1. The molecule has 1 aliphatic rings. The van der Waals surface area contributed by atoms with Crippen molar-refractivity contribution in [2.45, 2.75) is 18.1 Å². The molecule has 0 spiro atoms. The van der Waals surface area contributed by atoms with Crippen molar-refractivity contribution in [3.8, 4) is 0 Å². The van der Waals surface area contributed by atoms with Crippen LogP contribution in [0.15, 0.2) is 11.5 Å². The first kappa shape index (κ1) is 12.4. The Hall–Kier alpha value is -0.630. The van der Waals surface area contributed by atoms with Gasteiger partial charge in [-0.25, -0.2) is 0 Å². The Bertz CT molecular complexity index is 319. The van der Waals surface area contributed by atoms with Gasteiger partial charge in [-0.2, -0.15) is 0 Å². The molecule has 0 saturated heterocycles. The van der Waals surface area contributed by atoms with Gasteiger partial charge in [-0.15, -0.1) is 0 Å². The van der Waals surface area contributed by atoms with Crippen molar-refractivity contribution >= 4 is 7.60 Å². The highest BCUT2D eigenvalue weighted by atomic mass is 31.2. The van der Waals surface area contributed by atoms with Crippen LogP contribution in [0.3, 0.4) is 0 Å². The summed E-state index contributed by atoms with van der Waals surface area (Å²) < 4.78 is 15.4. The van der Waals surface area contributed by atoms with Crippen molar-refractivity contribution in [1.82, 2.24) is 0 Å². The lowest BCUT2D eigenvalue weighted by Crippen LogP contribution is -2.43. The normalized spacial score (nSPS) is 33.2. The largest absolute Gasteiger partial charge is 0.506 e. The van der Waals surface area contributed by atoms with Crippen molar-refractivity contribution in [3.63, 3.8) is 0 Å². The van der Waals surface area contributed by atoms with Crippen molar-refractivity contribution in [2.75, 3.05) is 6.61 Å². The molecule has 1 heterocycles. The first-order chi connectivity index (χ1) is 6.79. The minimum absolute atomic E-state index is 0.755. The molecule has 8 nitrogen and oxygen atoms in total. The number of aliphatic hydroxyl groups is 4. The number of hydrogen-bond donors (Lipinski definition) is 6. The van der Waals surface area contributed by atoms with E-state index in [0.29, 0.717) is 0 Å². The fraction of sp³-hybridized carbons (Fsp3) is 0.667. The number of aliphatic hydroxyl groups excluding tert-OH is 4. The summed E-state index contributed by atoms with van der Waals surface area (Å²) in [5.41, 5.74) is 0. The van der Waals surface area contributed by atoms with Crippen LogP contribution >= 0.6 is 7.60 Å². The SMILES string of the molecule is O=P(O)(O)C1O[C@@H](CO)[C@H](O)C(O)=C1O. The molecular formula is C6H11O8P. The van der Waals surface area contributed by atoms with Crippen molar-refractivity contribution in [2.24, 2.45) is 0 Å². The predicted octanol–water partition coefficient (Wildman–Crippen LogP) is -1.43. The average Bonchev–Trinajstić information content (AvgIpc) is 2.13. The molecule has 0 aromatic carbocycles. The van der Waals surface area contributed by atoms with E-state index in [1.165, 1.54) is 0 Å². The highest BCUT2D eigenvalue weighted by Crippen LogP contribution is 2.48. The zero-order valence-corrected chi connectivity index (χ0v) is 8.28. The second kappa shape index (κ2) is 4.09. The summed E-state index contributed by atoms with van der Waals surface area (Å²) in [6, 6.07) is 0. The van der Waals surface area contributed by atoms with E-state index in [4.69, 9.17) is 25.1 Å². The van der Waals surface area contributed by atoms with E-state index >= 15 is 0 Å². The smallest absolute Gasteiger partial charge is 0.362 e. The highest BCUT2D eigenvalue weighted by molar-refractivity contribution is 7.52. The third-order valence-electron chi connectivity index (χ3n) is 1.92. The molecule has 9 heteroatoms. The molecule has 1 rings (SSSR count). The summed E-state index contributed by atoms with van der Waals surface area (Å²) in [5, 5.41) is 36.1. The van der Waals surface area contributed by atoms with Gasteiger partial charge in [-0.1, -0.05) is 0 Å². The molecular weight excluding hydrogens is 231 g/mol. The number of ether oxygens (including phenoxy) is 1. The fourth-order valence-electron chi connectivity index (χ4n) is 1.14.